The van der Waals surface area contributed by atoms with E-state index in [2.05, 4.69) is 159 Å². The average molecular weight is 830 g/mol. The normalized spacial score (nSPS) is 11.7. The second-order valence-electron chi connectivity index (χ2n) is 16.3. The largest absolute Gasteiger partial charge is 0.308 e. The van der Waals surface area contributed by atoms with Gasteiger partial charge >= 0.3 is 0 Å². The Balaban J connectivity index is 1.23. The van der Waals surface area contributed by atoms with Gasteiger partial charge in [-0.25, -0.2) is 15.0 Å². The van der Waals surface area contributed by atoms with Crippen molar-refractivity contribution in [2.75, 3.05) is 0 Å². The lowest BCUT2D eigenvalue weighted by molar-refractivity contribution is 1.07. The summed E-state index contributed by atoms with van der Waals surface area (Å²) in [7, 11) is 0. The molecule has 0 aliphatic carbocycles. The number of benzene rings is 9. The lowest BCUT2D eigenvalue weighted by Gasteiger charge is -2.15. The minimum atomic E-state index is 0.515. The molecule has 0 atom stereocenters. The Morgan fingerprint density at radius 1 is 0.338 bits per heavy atom. The summed E-state index contributed by atoms with van der Waals surface area (Å²) in [5.74, 6) is 1.66. The maximum Gasteiger partial charge on any atom is 0.164 e. The maximum absolute atomic E-state index is 11.1. The number of nitriles is 1. The predicted molar refractivity (Wildman–Crippen MR) is 264 cm³/mol. The SMILES string of the molecule is N#Cc1ccc(-c2nc(-c3ccccc3)nc(-c3ccccc3)n2)cc1-n1c2ccccc2c2c3c(c4ccccc4n3-c3ccccc3)c3c(c4ccccc4n3-c3ccccc3)c21. The summed E-state index contributed by atoms with van der Waals surface area (Å²) < 4.78 is 7.18. The van der Waals surface area contributed by atoms with Gasteiger partial charge in [0.15, 0.2) is 17.5 Å². The molecule has 65 heavy (non-hydrogen) atoms. The van der Waals surface area contributed by atoms with E-state index in [9.17, 15) is 5.26 Å². The third-order valence-electron chi connectivity index (χ3n) is 12.7. The van der Waals surface area contributed by atoms with Crippen molar-refractivity contribution in [2.45, 2.75) is 0 Å². The minimum absolute atomic E-state index is 0.515. The van der Waals surface area contributed by atoms with Crippen molar-refractivity contribution < 1.29 is 0 Å². The van der Waals surface area contributed by atoms with Crippen LogP contribution in [0.1, 0.15) is 5.56 Å². The first-order valence-corrected chi connectivity index (χ1v) is 21.7. The molecule has 302 valence electrons. The lowest BCUT2D eigenvalue weighted by Crippen LogP contribution is -2.03. The van der Waals surface area contributed by atoms with Crippen LogP contribution in [0.15, 0.2) is 212 Å². The third kappa shape index (κ3) is 5.51. The molecule has 13 aromatic rings. The molecule has 0 fully saturated rings. The van der Waals surface area contributed by atoms with Crippen molar-refractivity contribution in [3.63, 3.8) is 0 Å². The van der Waals surface area contributed by atoms with Gasteiger partial charge in [-0.15, -0.1) is 0 Å². The second kappa shape index (κ2) is 14.5. The fraction of sp³-hybridized carbons (Fsp3) is 0. The summed E-state index contributed by atoms with van der Waals surface area (Å²) in [6, 6.07) is 76.0. The Morgan fingerprint density at radius 3 is 1.12 bits per heavy atom. The summed E-state index contributed by atoms with van der Waals surface area (Å²) in [5, 5.41) is 17.8. The highest BCUT2D eigenvalue weighted by Crippen LogP contribution is 2.50. The van der Waals surface area contributed by atoms with Crippen LogP contribution in [-0.2, 0) is 0 Å². The first-order valence-electron chi connectivity index (χ1n) is 21.7. The fourth-order valence-corrected chi connectivity index (χ4v) is 9.98. The molecule has 0 bridgehead atoms. The van der Waals surface area contributed by atoms with Crippen LogP contribution in [0.25, 0.3) is 117 Å². The predicted octanol–water partition coefficient (Wildman–Crippen LogP) is 14.0. The minimum Gasteiger partial charge on any atom is -0.308 e. The molecule has 7 nitrogen and oxygen atoms in total. The topological polar surface area (TPSA) is 77.2 Å². The monoisotopic (exact) mass is 829 g/mol. The summed E-state index contributed by atoms with van der Waals surface area (Å²) in [6.07, 6.45) is 0. The molecule has 4 heterocycles. The van der Waals surface area contributed by atoms with Gasteiger partial charge in [0.05, 0.1) is 44.4 Å². The lowest BCUT2D eigenvalue weighted by atomic mass is 10.0. The van der Waals surface area contributed by atoms with Crippen LogP contribution in [0.2, 0.25) is 0 Å². The van der Waals surface area contributed by atoms with Crippen LogP contribution < -0.4 is 0 Å². The Morgan fingerprint density at radius 2 is 0.692 bits per heavy atom. The quantitative estimate of drug-likeness (QED) is 0.167. The zero-order chi connectivity index (χ0) is 43.0. The van der Waals surface area contributed by atoms with E-state index < -0.39 is 0 Å². The second-order valence-corrected chi connectivity index (χ2v) is 16.3. The van der Waals surface area contributed by atoms with Gasteiger partial charge in [0.25, 0.3) is 0 Å². The summed E-state index contributed by atoms with van der Waals surface area (Å²) in [4.78, 5) is 15.2. The van der Waals surface area contributed by atoms with E-state index in [0.29, 0.717) is 23.0 Å². The van der Waals surface area contributed by atoms with Gasteiger partial charge < -0.3 is 13.7 Å². The molecule has 7 heteroatoms. The van der Waals surface area contributed by atoms with Gasteiger partial charge in [-0.1, -0.05) is 152 Å². The Kier molecular flexibility index (Phi) is 8.14. The molecule has 0 aliphatic rings. The average Bonchev–Trinajstić information content (AvgIpc) is 4.03. The van der Waals surface area contributed by atoms with E-state index in [-0.39, 0.29) is 0 Å². The van der Waals surface area contributed by atoms with E-state index in [1.54, 1.807) is 0 Å². The molecule has 0 spiro atoms. The maximum atomic E-state index is 11.1. The fourth-order valence-electron chi connectivity index (χ4n) is 9.98. The van der Waals surface area contributed by atoms with Crippen LogP contribution >= 0.6 is 0 Å². The van der Waals surface area contributed by atoms with Crippen LogP contribution in [0.4, 0.5) is 0 Å². The summed E-state index contributed by atoms with van der Waals surface area (Å²) >= 11 is 0. The third-order valence-corrected chi connectivity index (χ3v) is 12.7. The smallest absolute Gasteiger partial charge is 0.164 e. The Bertz CT molecular complexity index is 3920. The van der Waals surface area contributed by atoms with E-state index in [1.165, 1.54) is 0 Å². The number of hydrogen-bond donors (Lipinski definition) is 0. The zero-order valence-corrected chi connectivity index (χ0v) is 34.8. The zero-order valence-electron chi connectivity index (χ0n) is 34.8. The van der Waals surface area contributed by atoms with Crippen molar-refractivity contribution in [3.05, 3.63) is 218 Å². The molecule has 0 saturated heterocycles. The number of rotatable bonds is 6. The van der Waals surface area contributed by atoms with E-state index in [4.69, 9.17) is 15.0 Å². The Labute approximate surface area is 373 Å². The first kappa shape index (κ1) is 36.5. The molecule has 0 N–H and O–H groups in total. The van der Waals surface area contributed by atoms with Gasteiger partial charge in [-0.05, 0) is 60.7 Å². The molecule has 4 aromatic heterocycles. The van der Waals surface area contributed by atoms with Crippen molar-refractivity contribution in [2.24, 2.45) is 0 Å². The molecular weight excluding hydrogens is 795 g/mol. The molecular formula is C58H35N7. The van der Waals surface area contributed by atoms with Crippen LogP contribution in [-0.4, -0.2) is 28.7 Å². The van der Waals surface area contributed by atoms with Crippen LogP contribution in [0.5, 0.6) is 0 Å². The molecule has 9 aromatic carbocycles. The van der Waals surface area contributed by atoms with Crippen LogP contribution in [0, 0.1) is 11.3 Å². The number of nitrogens with zero attached hydrogens (tertiary/aromatic N) is 7. The van der Waals surface area contributed by atoms with Crippen molar-refractivity contribution in [3.8, 4) is 57.3 Å². The Hall–Kier alpha value is -9.12. The number of fused-ring (bicyclic) bond motifs is 12. The van der Waals surface area contributed by atoms with Gasteiger partial charge in [-0.3, -0.25) is 0 Å². The van der Waals surface area contributed by atoms with Gasteiger partial charge in [0.1, 0.15) is 6.07 Å². The van der Waals surface area contributed by atoms with Gasteiger partial charge in [-0.2, -0.15) is 5.26 Å². The molecule has 0 amide bonds. The molecule has 0 radical (unpaired) electrons. The molecule has 0 unspecified atom stereocenters. The van der Waals surface area contributed by atoms with E-state index in [0.717, 1.165) is 99.2 Å². The highest BCUT2D eigenvalue weighted by atomic mass is 15.1. The van der Waals surface area contributed by atoms with Crippen molar-refractivity contribution in [1.29, 1.82) is 5.26 Å². The molecule has 0 saturated carbocycles. The van der Waals surface area contributed by atoms with Crippen LogP contribution in [0.3, 0.4) is 0 Å². The standard InChI is InChI=1S/C58H35N7/c59-36-40-34-33-39(58-61-56(37-19-5-1-6-20-37)60-57(62-58)38-21-7-2-8-22-38)35-49(40)65-48-32-18-15-29-45(48)52-54-50(43-27-13-16-30-46(43)63(54)41-23-9-3-10-24-41)53-51(55(52)65)44-28-14-17-31-47(44)64(53)42-25-11-4-12-26-42/h1-35H. The van der Waals surface area contributed by atoms with E-state index in [1.807, 2.05) is 72.8 Å². The highest BCUT2D eigenvalue weighted by molar-refractivity contribution is 6.40. The first-order chi connectivity index (χ1) is 32.2. The number of para-hydroxylation sites is 5. The van der Waals surface area contributed by atoms with Gasteiger partial charge in [0.2, 0.25) is 0 Å². The molecule has 13 rings (SSSR count). The number of hydrogen-bond acceptors (Lipinski definition) is 4. The van der Waals surface area contributed by atoms with Crippen molar-refractivity contribution in [1.82, 2.24) is 28.7 Å². The highest BCUT2D eigenvalue weighted by Gasteiger charge is 2.29. The summed E-state index contributed by atoms with van der Waals surface area (Å²) in [5.41, 5.74) is 12.3. The van der Waals surface area contributed by atoms with E-state index >= 15 is 0 Å². The van der Waals surface area contributed by atoms with Gasteiger partial charge in [0, 0.05) is 60.4 Å². The number of aromatic nitrogens is 6. The summed E-state index contributed by atoms with van der Waals surface area (Å²) in [6.45, 7) is 0. The molecule has 0 aliphatic heterocycles. The van der Waals surface area contributed by atoms with Crippen molar-refractivity contribution >= 4 is 65.4 Å².